The Morgan fingerprint density at radius 3 is 2.54 bits per heavy atom. The highest BCUT2D eigenvalue weighted by atomic mass is 32.1. The summed E-state index contributed by atoms with van der Waals surface area (Å²) >= 11 is 1.67. The summed E-state index contributed by atoms with van der Waals surface area (Å²) < 4.78 is 5.38. The fourth-order valence-electron chi connectivity index (χ4n) is 2.99. The molecule has 2 heterocycles. The standard InChI is InChI=1S/C21H26N4O2S/c1-5-25(6-2)11-12-27-21(26)16-7-9-17(10-8-16)24-19-18-14(3)15(4)28-20(18)23-13-22-19/h7-10,13H,5-6,11-12H2,1-4H3,(H,22,23,24). The molecule has 3 aromatic rings. The lowest BCUT2D eigenvalue weighted by molar-refractivity contribution is 0.0466. The molecule has 0 fully saturated rings. The molecule has 7 heteroatoms. The van der Waals surface area contributed by atoms with Gasteiger partial charge in [0.25, 0.3) is 0 Å². The molecule has 0 aliphatic carbocycles. The van der Waals surface area contributed by atoms with Crippen LogP contribution in [0.25, 0.3) is 10.2 Å². The van der Waals surface area contributed by atoms with E-state index in [2.05, 4.69) is 47.9 Å². The second-order valence-electron chi connectivity index (χ2n) is 6.55. The molecule has 0 spiro atoms. The van der Waals surface area contributed by atoms with Crippen LogP contribution in [0.3, 0.4) is 0 Å². The SMILES string of the molecule is CCN(CC)CCOC(=O)c1ccc(Nc2ncnc3sc(C)c(C)c23)cc1. The van der Waals surface area contributed by atoms with E-state index in [1.807, 2.05) is 12.1 Å². The molecule has 0 saturated carbocycles. The van der Waals surface area contributed by atoms with Crippen molar-refractivity contribution in [1.82, 2.24) is 14.9 Å². The number of nitrogens with zero attached hydrogens (tertiary/aromatic N) is 3. The van der Waals surface area contributed by atoms with E-state index in [4.69, 9.17) is 4.74 Å². The molecule has 0 bridgehead atoms. The van der Waals surface area contributed by atoms with Gasteiger partial charge in [-0.25, -0.2) is 14.8 Å². The molecule has 2 aromatic heterocycles. The maximum atomic E-state index is 12.2. The topological polar surface area (TPSA) is 67.3 Å². The summed E-state index contributed by atoms with van der Waals surface area (Å²) in [5.41, 5.74) is 2.60. The predicted molar refractivity (Wildman–Crippen MR) is 115 cm³/mol. The van der Waals surface area contributed by atoms with Gasteiger partial charge in [0.2, 0.25) is 0 Å². The molecular formula is C21H26N4O2S. The zero-order chi connectivity index (χ0) is 20.1. The number of carbonyl (C=O) groups is 1. The molecule has 148 valence electrons. The van der Waals surface area contributed by atoms with Crippen molar-refractivity contribution in [3.05, 3.63) is 46.6 Å². The van der Waals surface area contributed by atoms with Crippen LogP contribution in [0.5, 0.6) is 0 Å². The fraction of sp³-hybridized carbons (Fsp3) is 0.381. The number of esters is 1. The summed E-state index contributed by atoms with van der Waals surface area (Å²) in [6.07, 6.45) is 1.57. The van der Waals surface area contributed by atoms with Crippen molar-refractivity contribution in [3.63, 3.8) is 0 Å². The number of nitrogens with one attached hydrogen (secondary N) is 1. The Bertz CT molecular complexity index is 949. The third-order valence-corrected chi connectivity index (χ3v) is 6.00. The van der Waals surface area contributed by atoms with Crippen LogP contribution >= 0.6 is 11.3 Å². The van der Waals surface area contributed by atoms with Gasteiger partial charge in [-0.2, -0.15) is 0 Å². The number of fused-ring (bicyclic) bond motifs is 1. The van der Waals surface area contributed by atoms with Crippen LogP contribution in [-0.2, 0) is 4.74 Å². The Hall–Kier alpha value is -2.51. The quantitative estimate of drug-likeness (QED) is 0.562. The zero-order valence-electron chi connectivity index (χ0n) is 16.8. The van der Waals surface area contributed by atoms with E-state index in [0.29, 0.717) is 12.2 Å². The van der Waals surface area contributed by atoms with Crippen molar-refractivity contribution in [1.29, 1.82) is 0 Å². The number of anilines is 2. The average Bonchev–Trinajstić information content (AvgIpc) is 3.00. The van der Waals surface area contributed by atoms with Gasteiger partial charge in [-0.1, -0.05) is 13.8 Å². The van der Waals surface area contributed by atoms with Crippen LogP contribution in [0.1, 0.15) is 34.6 Å². The minimum atomic E-state index is -0.299. The number of likely N-dealkylation sites (N-methyl/N-ethyl adjacent to an activating group) is 1. The van der Waals surface area contributed by atoms with Gasteiger partial charge in [0.1, 0.15) is 23.6 Å². The Kier molecular flexibility index (Phi) is 6.59. The number of hydrogen-bond acceptors (Lipinski definition) is 7. The van der Waals surface area contributed by atoms with Crippen LogP contribution in [0.2, 0.25) is 0 Å². The summed E-state index contributed by atoms with van der Waals surface area (Å²) in [4.78, 5) is 25.4. The highest BCUT2D eigenvalue weighted by Gasteiger charge is 2.13. The number of aryl methyl sites for hydroxylation is 2. The molecule has 6 nitrogen and oxygen atoms in total. The van der Waals surface area contributed by atoms with Gasteiger partial charge in [0, 0.05) is 17.1 Å². The van der Waals surface area contributed by atoms with Crippen LogP contribution in [0, 0.1) is 13.8 Å². The van der Waals surface area contributed by atoms with Gasteiger partial charge >= 0.3 is 5.97 Å². The number of hydrogen-bond donors (Lipinski definition) is 1. The number of carbonyl (C=O) groups excluding carboxylic acids is 1. The smallest absolute Gasteiger partial charge is 0.338 e. The van der Waals surface area contributed by atoms with Crippen molar-refractivity contribution < 1.29 is 9.53 Å². The first kappa shape index (κ1) is 20.2. The molecule has 3 rings (SSSR count). The highest BCUT2D eigenvalue weighted by Crippen LogP contribution is 2.33. The maximum absolute atomic E-state index is 12.2. The zero-order valence-corrected chi connectivity index (χ0v) is 17.6. The average molecular weight is 399 g/mol. The summed E-state index contributed by atoms with van der Waals surface area (Å²) in [6, 6.07) is 7.27. The normalized spacial score (nSPS) is 11.2. The highest BCUT2D eigenvalue weighted by molar-refractivity contribution is 7.18. The van der Waals surface area contributed by atoms with Crippen molar-refractivity contribution >= 4 is 39.0 Å². The predicted octanol–water partition coefficient (Wildman–Crippen LogP) is 4.55. The summed E-state index contributed by atoms with van der Waals surface area (Å²) in [6.45, 7) is 11.4. The Morgan fingerprint density at radius 1 is 1.14 bits per heavy atom. The van der Waals surface area contributed by atoms with Crippen molar-refractivity contribution in [2.45, 2.75) is 27.7 Å². The molecule has 28 heavy (non-hydrogen) atoms. The lowest BCUT2D eigenvalue weighted by Gasteiger charge is -2.17. The first-order valence-electron chi connectivity index (χ1n) is 9.50. The lowest BCUT2D eigenvalue weighted by atomic mass is 10.2. The number of benzene rings is 1. The van der Waals surface area contributed by atoms with E-state index < -0.39 is 0 Å². The fourth-order valence-corrected chi connectivity index (χ4v) is 3.99. The van der Waals surface area contributed by atoms with Gasteiger partial charge in [-0.05, 0) is 56.8 Å². The second-order valence-corrected chi connectivity index (χ2v) is 7.75. The first-order valence-corrected chi connectivity index (χ1v) is 10.3. The number of thiophene rings is 1. The Balaban J connectivity index is 1.66. The molecule has 1 N–H and O–H groups in total. The van der Waals surface area contributed by atoms with E-state index in [9.17, 15) is 4.79 Å². The Labute approximate surface area is 169 Å². The first-order chi connectivity index (χ1) is 13.5. The van der Waals surface area contributed by atoms with Gasteiger partial charge in [-0.3, -0.25) is 0 Å². The second kappa shape index (κ2) is 9.12. The third-order valence-electron chi connectivity index (χ3n) is 4.88. The van der Waals surface area contributed by atoms with E-state index in [-0.39, 0.29) is 5.97 Å². The van der Waals surface area contributed by atoms with E-state index >= 15 is 0 Å². The molecule has 0 unspecified atom stereocenters. The molecule has 0 aliphatic rings. The Morgan fingerprint density at radius 2 is 1.86 bits per heavy atom. The van der Waals surface area contributed by atoms with Crippen LogP contribution < -0.4 is 5.32 Å². The van der Waals surface area contributed by atoms with Crippen LogP contribution in [0.4, 0.5) is 11.5 Å². The van der Waals surface area contributed by atoms with Crippen LogP contribution in [0.15, 0.2) is 30.6 Å². The monoisotopic (exact) mass is 398 g/mol. The van der Waals surface area contributed by atoms with Crippen molar-refractivity contribution in [2.75, 3.05) is 31.6 Å². The molecule has 0 saturated heterocycles. The molecule has 1 aromatic carbocycles. The maximum Gasteiger partial charge on any atom is 0.338 e. The number of rotatable bonds is 8. The molecule has 0 amide bonds. The van der Waals surface area contributed by atoms with Gasteiger partial charge in [-0.15, -0.1) is 11.3 Å². The molecule has 0 aliphatic heterocycles. The van der Waals surface area contributed by atoms with Crippen molar-refractivity contribution in [2.24, 2.45) is 0 Å². The largest absolute Gasteiger partial charge is 0.461 e. The van der Waals surface area contributed by atoms with Crippen molar-refractivity contribution in [3.8, 4) is 0 Å². The minimum absolute atomic E-state index is 0.299. The van der Waals surface area contributed by atoms with Gasteiger partial charge in [0.15, 0.2) is 0 Å². The molecule has 0 atom stereocenters. The number of ether oxygens (including phenoxy) is 1. The minimum Gasteiger partial charge on any atom is -0.461 e. The third kappa shape index (κ3) is 4.48. The van der Waals surface area contributed by atoms with Gasteiger partial charge in [0.05, 0.1) is 10.9 Å². The van der Waals surface area contributed by atoms with Gasteiger partial charge < -0.3 is 15.0 Å². The van der Waals surface area contributed by atoms with E-state index in [0.717, 1.165) is 41.4 Å². The lowest BCUT2D eigenvalue weighted by Crippen LogP contribution is -2.27. The number of aromatic nitrogens is 2. The van der Waals surface area contributed by atoms with Crippen LogP contribution in [-0.4, -0.2) is 47.1 Å². The van der Waals surface area contributed by atoms with E-state index in [1.54, 1.807) is 29.8 Å². The van der Waals surface area contributed by atoms with E-state index in [1.165, 1.54) is 10.4 Å². The summed E-state index contributed by atoms with van der Waals surface area (Å²) in [5.74, 6) is 0.480. The molecular weight excluding hydrogens is 372 g/mol. The summed E-state index contributed by atoms with van der Waals surface area (Å²) in [7, 11) is 0. The summed E-state index contributed by atoms with van der Waals surface area (Å²) in [5, 5.41) is 4.38. The molecule has 0 radical (unpaired) electrons.